The van der Waals surface area contributed by atoms with Gasteiger partial charge in [-0.2, -0.15) is 0 Å². The fourth-order valence-corrected chi connectivity index (χ4v) is 1.21. The van der Waals surface area contributed by atoms with Gasteiger partial charge in [0.2, 0.25) is 0 Å². The highest BCUT2D eigenvalue weighted by atomic mass is 16.4. The van der Waals surface area contributed by atoms with Crippen LogP contribution in [0.15, 0.2) is 35.5 Å². The molecule has 0 aliphatic carbocycles. The van der Waals surface area contributed by atoms with Gasteiger partial charge in [-0.1, -0.05) is 35.5 Å². The van der Waals surface area contributed by atoms with Crippen molar-refractivity contribution in [3.8, 4) is 0 Å². The smallest absolute Gasteiger partial charge is 0.0880 e. The minimum atomic E-state index is 0.735. The second kappa shape index (κ2) is 5.40. The average Bonchev–Trinajstić information content (AvgIpc) is 2.20. The molecular formula is C11H16N2O. The maximum Gasteiger partial charge on any atom is 0.0880 e. The van der Waals surface area contributed by atoms with E-state index in [9.17, 15) is 0 Å². The molecule has 0 bridgehead atoms. The van der Waals surface area contributed by atoms with Gasteiger partial charge in [-0.05, 0) is 19.7 Å². The molecule has 1 aromatic rings. The van der Waals surface area contributed by atoms with Gasteiger partial charge in [0.05, 0.1) is 5.71 Å². The van der Waals surface area contributed by atoms with Crippen LogP contribution >= 0.6 is 0 Å². The largest absolute Gasteiger partial charge is 0.411 e. The highest BCUT2D eigenvalue weighted by Crippen LogP contribution is 2.04. The molecule has 3 nitrogen and oxygen atoms in total. The van der Waals surface area contributed by atoms with E-state index < -0.39 is 0 Å². The summed E-state index contributed by atoms with van der Waals surface area (Å²) in [5.74, 6) is 0. The Balaban J connectivity index is 2.65. The van der Waals surface area contributed by atoms with Gasteiger partial charge in [0, 0.05) is 13.0 Å². The Morgan fingerprint density at radius 3 is 2.43 bits per heavy atom. The Labute approximate surface area is 84.7 Å². The van der Waals surface area contributed by atoms with Gasteiger partial charge in [0.15, 0.2) is 0 Å². The third-order valence-corrected chi connectivity index (χ3v) is 2.02. The molecule has 3 heteroatoms. The molecule has 0 fully saturated rings. The summed E-state index contributed by atoms with van der Waals surface area (Å²) in [6, 6.07) is 9.73. The fraction of sp³-hybridized carbons (Fsp3) is 0.364. The summed E-state index contributed by atoms with van der Waals surface area (Å²) in [5.41, 5.74) is 1.72. The summed E-state index contributed by atoms with van der Waals surface area (Å²) >= 11 is 0. The lowest BCUT2D eigenvalue weighted by Crippen LogP contribution is -2.17. The summed E-state index contributed by atoms with van der Waals surface area (Å²) < 4.78 is 0. The maximum absolute atomic E-state index is 8.86. The van der Waals surface area contributed by atoms with Crippen molar-refractivity contribution in [1.82, 2.24) is 4.90 Å². The number of benzene rings is 1. The Bertz CT molecular complexity index is 293. The van der Waals surface area contributed by atoms with Crippen LogP contribution in [0, 0.1) is 0 Å². The summed E-state index contributed by atoms with van der Waals surface area (Å²) in [6.07, 6.45) is 0.757. The van der Waals surface area contributed by atoms with Crippen molar-refractivity contribution in [3.63, 3.8) is 0 Å². The highest BCUT2D eigenvalue weighted by molar-refractivity contribution is 6.00. The molecule has 0 aliphatic heterocycles. The predicted octanol–water partition coefficient (Wildman–Crippen LogP) is 1.82. The molecule has 14 heavy (non-hydrogen) atoms. The molecule has 0 spiro atoms. The molecular weight excluding hydrogens is 176 g/mol. The van der Waals surface area contributed by atoms with Crippen LogP contribution in [0.1, 0.15) is 12.0 Å². The third kappa shape index (κ3) is 3.18. The lowest BCUT2D eigenvalue weighted by Gasteiger charge is -2.09. The van der Waals surface area contributed by atoms with Crippen molar-refractivity contribution in [2.75, 3.05) is 20.6 Å². The minimum absolute atomic E-state index is 0.735. The van der Waals surface area contributed by atoms with Crippen LogP contribution < -0.4 is 0 Å². The molecule has 76 valence electrons. The monoisotopic (exact) mass is 192 g/mol. The number of hydrogen-bond donors (Lipinski definition) is 1. The van der Waals surface area contributed by atoms with Crippen molar-refractivity contribution >= 4 is 5.71 Å². The van der Waals surface area contributed by atoms with Crippen LogP contribution in [-0.4, -0.2) is 36.5 Å². The van der Waals surface area contributed by atoms with Gasteiger partial charge in [-0.15, -0.1) is 0 Å². The van der Waals surface area contributed by atoms with Crippen LogP contribution in [0.5, 0.6) is 0 Å². The van der Waals surface area contributed by atoms with Crippen molar-refractivity contribution in [2.24, 2.45) is 5.16 Å². The lowest BCUT2D eigenvalue weighted by atomic mass is 10.1. The van der Waals surface area contributed by atoms with Crippen molar-refractivity contribution in [1.29, 1.82) is 0 Å². The van der Waals surface area contributed by atoms with E-state index in [0.29, 0.717) is 0 Å². The second-order valence-electron chi connectivity index (χ2n) is 3.47. The summed E-state index contributed by atoms with van der Waals surface area (Å²) in [5, 5.41) is 12.2. The van der Waals surface area contributed by atoms with Gasteiger partial charge in [-0.25, -0.2) is 0 Å². The molecule has 0 saturated carbocycles. The molecule has 0 aromatic heterocycles. The van der Waals surface area contributed by atoms with E-state index in [2.05, 4.69) is 10.1 Å². The van der Waals surface area contributed by atoms with Crippen LogP contribution in [0.2, 0.25) is 0 Å². The van der Waals surface area contributed by atoms with Crippen LogP contribution in [-0.2, 0) is 0 Å². The van der Waals surface area contributed by atoms with Crippen LogP contribution in [0.4, 0.5) is 0 Å². The van der Waals surface area contributed by atoms with Crippen molar-refractivity contribution in [3.05, 3.63) is 35.9 Å². The Kier molecular flexibility index (Phi) is 4.13. The molecule has 1 rings (SSSR count). The number of hydrogen-bond acceptors (Lipinski definition) is 3. The predicted molar refractivity (Wildman–Crippen MR) is 57.9 cm³/mol. The zero-order valence-electron chi connectivity index (χ0n) is 8.64. The van der Waals surface area contributed by atoms with Gasteiger partial charge in [0.25, 0.3) is 0 Å². The zero-order valence-corrected chi connectivity index (χ0v) is 8.64. The average molecular weight is 192 g/mol. The van der Waals surface area contributed by atoms with E-state index >= 15 is 0 Å². The highest BCUT2D eigenvalue weighted by Gasteiger charge is 2.03. The second-order valence-corrected chi connectivity index (χ2v) is 3.47. The third-order valence-electron chi connectivity index (χ3n) is 2.02. The number of oxime groups is 1. The summed E-state index contributed by atoms with van der Waals surface area (Å²) in [7, 11) is 4.00. The molecule has 0 unspecified atom stereocenters. The van der Waals surface area contributed by atoms with Crippen LogP contribution in [0.3, 0.4) is 0 Å². The van der Waals surface area contributed by atoms with E-state index in [1.807, 2.05) is 44.4 Å². The first-order chi connectivity index (χ1) is 6.74. The maximum atomic E-state index is 8.86. The quantitative estimate of drug-likeness (QED) is 0.448. The topological polar surface area (TPSA) is 35.8 Å². The first-order valence-corrected chi connectivity index (χ1v) is 4.65. The Morgan fingerprint density at radius 2 is 1.93 bits per heavy atom. The lowest BCUT2D eigenvalue weighted by molar-refractivity contribution is 0.316. The van der Waals surface area contributed by atoms with Gasteiger partial charge >= 0.3 is 0 Å². The molecule has 0 amide bonds. The first kappa shape index (κ1) is 10.7. The molecule has 1 N–H and O–H groups in total. The van der Waals surface area contributed by atoms with Gasteiger partial charge in [-0.3, -0.25) is 0 Å². The summed E-state index contributed by atoms with van der Waals surface area (Å²) in [4.78, 5) is 2.06. The Morgan fingerprint density at radius 1 is 1.29 bits per heavy atom. The normalized spacial score (nSPS) is 12.1. The molecule has 0 aliphatic rings. The van der Waals surface area contributed by atoms with Crippen LogP contribution in [0.25, 0.3) is 0 Å². The molecule has 0 heterocycles. The van der Waals surface area contributed by atoms with E-state index in [1.54, 1.807) is 0 Å². The SMILES string of the molecule is CN(C)CC/C(=N\O)c1ccccc1. The number of rotatable bonds is 4. The molecule has 0 saturated heterocycles. The number of nitrogens with zero attached hydrogens (tertiary/aromatic N) is 2. The molecule has 0 atom stereocenters. The molecule has 0 radical (unpaired) electrons. The van der Waals surface area contributed by atoms with Gasteiger partial charge < -0.3 is 10.1 Å². The van der Waals surface area contributed by atoms with Crippen molar-refractivity contribution < 1.29 is 5.21 Å². The fourth-order valence-electron chi connectivity index (χ4n) is 1.21. The van der Waals surface area contributed by atoms with E-state index in [-0.39, 0.29) is 0 Å². The first-order valence-electron chi connectivity index (χ1n) is 4.65. The Hall–Kier alpha value is -1.35. The minimum Gasteiger partial charge on any atom is -0.411 e. The van der Waals surface area contributed by atoms with Crippen molar-refractivity contribution in [2.45, 2.75) is 6.42 Å². The zero-order chi connectivity index (χ0) is 10.4. The molecule has 1 aromatic carbocycles. The van der Waals surface area contributed by atoms with E-state index in [0.717, 1.165) is 24.2 Å². The van der Waals surface area contributed by atoms with Gasteiger partial charge in [0.1, 0.15) is 0 Å². The van der Waals surface area contributed by atoms with E-state index in [4.69, 9.17) is 5.21 Å². The van der Waals surface area contributed by atoms with E-state index in [1.165, 1.54) is 0 Å². The standard InChI is InChI=1S/C11H16N2O/c1-13(2)9-8-11(12-14)10-6-4-3-5-7-10/h3-7,14H,8-9H2,1-2H3/b12-11+. The summed E-state index contributed by atoms with van der Waals surface area (Å²) in [6.45, 7) is 0.883.